The first-order chi connectivity index (χ1) is 7.34. The lowest BCUT2D eigenvalue weighted by Crippen LogP contribution is -2.03. The van der Waals surface area contributed by atoms with Crippen LogP contribution in [0.2, 0.25) is 0 Å². The Morgan fingerprint density at radius 1 is 1.12 bits per heavy atom. The Balaban J connectivity index is 3.43. The third kappa shape index (κ3) is 2.32. The van der Waals surface area contributed by atoms with E-state index in [4.69, 9.17) is 5.73 Å². The van der Waals surface area contributed by atoms with Gasteiger partial charge in [-0.25, -0.2) is 0 Å². The standard InChI is InChI=1S/C12H18N2O2/c1-7(2)9-6-12(14(15)16)10(8(3)4)5-11(9)13/h5-8H,13H2,1-4H3. The molecule has 0 saturated heterocycles. The third-order valence-electron chi connectivity index (χ3n) is 2.67. The zero-order valence-corrected chi connectivity index (χ0v) is 10.2. The summed E-state index contributed by atoms with van der Waals surface area (Å²) in [5.74, 6) is 0.295. The monoisotopic (exact) mass is 222 g/mol. The van der Waals surface area contributed by atoms with Crippen molar-refractivity contribution in [1.82, 2.24) is 0 Å². The van der Waals surface area contributed by atoms with Crippen LogP contribution in [0, 0.1) is 10.1 Å². The van der Waals surface area contributed by atoms with Crippen LogP contribution < -0.4 is 5.73 Å². The van der Waals surface area contributed by atoms with E-state index < -0.39 is 0 Å². The number of hydrogen-bond donors (Lipinski definition) is 1. The zero-order chi connectivity index (χ0) is 12.5. The van der Waals surface area contributed by atoms with Crippen molar-refractivity contribution in [2.45, 2.75) is 39.5 Å². The summed E-state index contributed by atoms with van der Waals surface area (Å²) in [6.07, 6.45) is 0. The second-order valence-electron chi connectivity index (χ2n) is 4.61. The molecule has 0 bridgehead atoms. The van der Waals surface area contributed by atoms with Gasteiger partial charge in [-0.3, -0.25) is 10.1 Å². The maximum Gasteiger partial charge on any atom is 0.273 e. The van der Waals surface area contributed by atoms with E-state index >= 15 is 0 Å². The number of benzene rings is 1. The summed E-state index contributed by atoms with van der Waals surface area (Å²) < 4.78 is 0. The smallest absolute Gasteiger partial charge is 0.273 e. The van der Waals surface area contributed by atoms with Gasteiger partial charge in [0.1, 0.15) is 0 Å². The molecule has 0 aliphatic carbocycles. The highest BCUT2D eigenvalue weighted by Gasteiger charge is 2.20. The Morgan fingerprint density at radius 2 is 1.62 bits per heavy atom. The Kier molecular flexibility index (Phi) is 3.52. The zero-order valence-electron chi connectivity index (χ0n) is 10.2. The molecule has 0 radical (unpaired) electrons. The van der Waals surface area contributed by atoms with Crippen LogP contribution in [0.25, 0.3) is 0 Å². The van der Waals surface area contributed by atoms with E-state index in [0.717, 1.165) is 5.56 Å². The van der Waals surface area contributed by atoms with Crippen LogP contribution in [-0.2, 0) is 0 Å². The molecule has 16 heavy (non-hydrogen) atoms. The molecule has 2 N–H and O–H groups in total. The van der Waals surface area contributed by atoms with Gasteiger partial charge in [0.05, 0.1) is 4.92 Å². The average molecular weight is 222 g/mol. The van der Waals surface area contributed by atoms with Crippen LogP contribution in [0.5, 0.6) is 0 Å². The topological polar surface area (TPSA) is 69.2 Å². The van der Waals surface area contributed by atoms with Gasteiger partial charge in [0.15, 0.2) is 0 Å². The summed E-state index contributed by atoms with van der Waals surface area (Å²) in [6.45, 7) is 7.81. The van der Waals surface area contributed by atoms with E-state index in [1.165, 1.54) is 0 Å². The predicted octanol–water partition coefficient (Wildman–Crippen LogP) is 3.42. The number of hydrogen-bond acceptors (Lipinski definition) is 3. The number of nitro benzene ring substituents is 1. The highest BCUT2D eigenvalue weighted by molar-refractivity contribution is 5.59. The molecule has 0 aliphatic rings. The quantitative estimate of drug-likeness (QED) is 0.484. The fraction of sp³-hybridized carbons (Fsp3) is 0.500. The molecular formula is C12H18N2O2. The number of nitrogens with two attached hydrogens (primary N) is 1. The third-order valence-corrected chi connectivity index (χ3v) is 2.67. The minimum atomic E-state index is -0.333. The van der Waals surface area contributed by atoms with Gasteiger partial charge in [-0.15, -0.1) is 0 Å². The van der Waals surface area contributed by atoms with E-state index in [-0.39, 0.29) is 22.4 Å². The Bertz CT molecular complexity index is 412. The molecule has 0 aliphatic heterocycles. The van der Waals surface area contributed by atoms with Gasteiger partial charge in [0.25, 0.3) is 5.69 Å². The van der Waals surface area contributed by atoms with Crippen molar-refractivity contribution < 1.29 is 4.92 Å². The molecule has 0 heterocycles. The van der Waals surface area contributed by atoms with Gasteiger partial charge in [0.2, 0.25) is 0 Å². The maximum absolute atomic E-state index is 11.0. The molecule has 1 aromatic carbocycles. The van der Waals surface area contributed by atoms with E-state index in [1.54, 1.807) is 12.1 Å². The molecule has 0 atom stereocenters. The normalized spacial score (nSPS) is 11.1. The lowest BCUT2D eigenvalue weighted by molar-refractivity contribution is -0.385. The molecule has 4 nitrogen and oxygen atoms in total. The van der Waals surface area contributed by atoms with Crippen molar-refractivity contribution in [3.8, 4) is 0 Å². The molecule has 0 saturated carbocycles. The minimum Gasteiger partial charge on any atom is -0.398 e. The lowest BCUT2D eigenvalue weighted by atomic mass is 9.93. The van der Waals surface area contributed by atoms with E-state index in [1.807, 2.05) is 27.7 Å². The van der Waals surface area contributed by atoms with Gasteiger partial charge < -0.3 is 5.73 Å². The van der Waals surface area contributed by atoms with Gasteiger partial charge in [0, 0.05) is 17.3 Å². The Labute approximate surface area is 95.6 Å². The number of nitro groups is 1. The number of anilines is 1. The largest absolute Gasteiger partial charge is 0.398 e. The van der Waals surface area contributed by atoms with E-state index in [0.29, 0.717) is 11.3 Å². The Hall–Kier alpha value is -1.58. The SMILES string of the molecule is CC(C)c1cc([N+](=O)[O-])c(C(C)C)cc1N. The molecule has 0 unspecified atom stereocenters. The van der Waals surface area contributed by atoms with Crippen LogP contribution in [0.4, 0.5) is 11.4 Å². The van der Waals surface area contributed by atoms with Gasteiger partial charge in [-0.2, -0.15) is 0 Å². The maximum atomic E-state index is 11.0. The summed E-state index contributed by atoms with van der Waals surface area (Å²) in [5.41, 5.74) is 8.27. The van der Waals surface area contributed by atoms with Crippen molar-refractivity contribution in [3.63, 3.8) is 0 Å². The molecule has 0 fully saturated rings. The first kappa shape index (κ1) is 12.5. The minimum absolute atomic E-state index is 0.101. The van der Waals surface area contributed by atoms with Crippen LogP contribution >= 0.6 is 0 Å². The summed E-state index contributed by atoms with van der Waals surface area (Å²) in [4.78, 5) is 10.6. The second-order valence-corrected chi connectivity index (χ2v) is 4.61. The first-order valence-electron chi connectivity index (χ1n) is 5.42. The molecule has 0 amide bonds. The fourth-order valence-corrected chi connectivity index (χ4v) is 1.76. The number of nitrogens with zero attached hydrogens (tertiary/aromatic N) is 1. The molecule has 4 heteroatoms. The van der Waals surface area contributed by atoms with Crippen molar-refractivity contribution in [3.05, 3.63) is 33.4 Å². The molecule has 0 spiro atoms. The van der Waals surface area contributed by atoms with Gasteiger partial charge in [-0.1, -0.05) is 27.7 Å². The Morgan fingerprint density at radius 3 is 2.00 bits per heavy atom. The fourth-order valence-electron chi connectivity index (χ4n) is 1.76. The molecule has 0 aromatic heterocycles. The van der Waals surface area contributed by atoms with E-state index in [9.17, 15) is 10.1 Å². The highest BCUT2D eigenvalue weighted by atomic mass is 16.6. The lowest BCUT2D eigenvalue weighted by Gasteiger charge is -2.13. The summed E-state index contributed by atoms with van der Waals surface area (Å²) in [5, 5.41) is 11.0. The van der Waals surface area contributed by atoms with Crippen molar-refractivity contribution in [2.75, 3.05) is 5.73 Å². The van der Waals surface area contributed by atoms with Crippen molar-refractivity contribution >= 4 is 11.4 Å². The highest BCUT2D eigenvalue weighted by Crippen LogP contribution is 2.33. The molecule has 88 valence electrons. The van der Waals surface area contributed by atoms with Gasteiger partial charge >= 0.3 is 0 Å². The molecular weight excluding hydrogens is 204 g/mol. The van der Waals surface area contributed by atoms with Crippen LogP contribution in [0.3, 0.4) is 0 Å². The molecule has 1 rings (SSSR count). The molecule has 1 aromatic rings. The van der Waals surface area contributed by atoms with Crippen molar-refractivity contribution in [2.24, 2.45) is 0 Å². The van der Waals surface area contributed by atoms with Crippen LogP contribution in [0.1, 0.15) is 50.7 Å². The number of nitrogen functional groups attached to an aromatic ring is 1. The average Bonchev–Trinajstić information content (AvgIpc) is 2.15. The number of rotatable bonds is 3. The summed E-state index contributed by atoms with van der Waals surface area (Å²) >= 11 is 0. The predicted molar refractivity (Wildman–Crippen MR) is 65.7 cm³/mol. The van der Waals surface area contributed by atoms with Crippen molar-refractivity contribution in [1.29, 1.82) is 0 Å². The van der Waals surface area contributed by atoms with Crippen LogP contribution in [0.15, 0.2) is 12.1 Å². The first-order valence-corrected chi connectivity index (χ1v) is 5.42. The van der Waals surface area contributed by atoms with Crippen LogP contribution in [-0.4, -0.2) is 4.92 Å². The van der Waals surface area contributed by atoms with E-state index in [2.05, 4.69) is 0 Å². The summed E-state index contributed by atoms with van der Waals surface area (Å²) in [7, 11) is 0. The van der Waals surface area contributed by atoms with Gasteiger partial charge in [-0.05, 0) is 23.5 Å². The second kappa shape index (κ2) is 4.51. The summed E-state index contributed by atoms with van der Waals surface area (Å²) in [6, 6.07) is 3.34.